The molecular formula is C19H18ClNO7S. The van der Waals surface area contributed by atoms with Crippen LogP contribution in [-0.4, -0.2) is 45.4 Å². The van der Waals surface area contributed by atoms with Crippen LogP contribution in [0.5, 0.6) is 11.5 Å². The Labute approximate surface area is 172 Å². The van der Waals surface area contributed by atoms with Gasteiger partial charge in [-0.1, -0.05) is 11.6 Å². The van der Waals surface area contributed by atoms with Gasteiger partial charge in [-0.25, -0.2) is 8.42 Å². The lowest BCUT2D eigenvalue weighted by Gasteiger charge is -2.19. The fraction of sp³-hybridized carbons (Fsp3) is 0.263. The first-order valence-electron chi connectivity index (χ1n) is 8.63. The van der Waals surface area contributed by atoms with Crippen LogP contribution >= 0.6 is 11.6 Å². The first-order chi connectivity index (χ1) is 13.7. The highest BCUT2D eigenvalue weighted by Crippen LogP contribution is 2.32. The number of anilines is 1. The molecule has 1 atom stereocenters. The Morgan fingerprint density at radius 2 is 1.76 bits per heavy atom. The SMILES string of the molecule is CC(OC(=O)CS(=O)(=O)c1ccc(Cl)cc1)C(=O)Nc1ccc2c(c1)OCCO2. The van der Waals surface area contributed by atoms with Crippen LogP contribution in [0.15, 0.2) is 47.4 Å². The van der Waals surface area contributed by atoms with Gasteiger partial charge in [0.25, 0.3) is 5.91 Å². The predicted molar refractivity (Wildman–Crippen MR) is 105 cm³/mol. The van der Waals surface area contributed by atoms with E-state index in [9.17, 15) is 18.0 Å². The zero-order chi connectivity index (χ0) is 21.0. The number of ether oxygens (including phenoxy) is 3. The number of hydrogen-bond donors (Lipinski definition) is 1. The molecule has 2 aromatic carbocycles. The van der Waals surface area contributed by atoms with Crippen LogP contribution in [0.4, 0.5) is 5.69 Å². The molecule has 1 aliphatic rings. The smallest absolute Gasteiger partial charge is 0.322 e. The summed E-state index contributed by atoms with van der Waals surface area (Å²) in [7, 11) is -3.91. The molecule has 0 saturated heterocycles. The normalized spacial score (nSPS) is 14.0. The molecule has 154 valence electrons. The number of carbonyl (C=O) groups is 2. The van der Waals surface area contributed by atoms with Crippen LogP contribution in [0.25, 0.3) is 0 Å². The van der Waals surface area contributed by atoms with Gasteiger partial charge in [-0.2, -0.15) is 0 Å². The van der Waals surface area contributed by atoms with Gasteiger partial charge < -0.3 is 19.5 Å². The number of benzene rings is 2. The molecular weight excluding hydrogens is 422 g/mol. The van der Waals surface area contributed by atoms with Gasteiger partial charge in [0.1, 0.15) is 13.2 Å². The molecule has 1 N–H and O–H groups in total. The third-order valence-corrected chi connectivity index (χ3v) is 5.83. The number of halogens is 1. The molecule has 1 unspecified atom stereocenters. The number of rotatable bonds is 6. The molecule has 1 amide bonds. The molecule has 0 fully saturated rings. The summed E-state index contributed by atoms with van der Waals surface area (Å²) in [6.45, 7) is 2.20. The van der Waals surface area contributed by atoms with E-state index in [0.29, 0.717) is 35.4 Å². The van der Waals surface area contributed by atoms with Gasteiger partial charge in [0.15, 0.2) is 33.2 Å². The average molecular weight is 440 g/mol. The van der Waals surface area contributed by atoms with E-state index in [1.54, 1.807) is 18.2 Å². The minimum absolute atomic E-state index is 0.0627. The van der Waals surface area contributed by atoms with Gasteiger partial charge in [0.2, 0.25) is 0 Å². The number of amides is 1. The Morgan fingerprint density at radius 1 is 1.10 bits per heavy atom. The molecule has 10 heteroatoms. The third-order valence-electron chi connectivity index (χ3n) is 3.97. The summed E-state index contributed by atoms with van der Waals surface area (Å²) in [6.07, 6.45) is -1.20. The van der Waals surface area contributed by atoms with E-state index >= 15 is 0 Å². The van der Waals surface area contributed by atoms with Gasteiger partial charge in [-0.3, -0.25) is 9.59 Å². The fourth-order valence-corrected chi connectivity index (χ4v) is 3.75. The Morgan fingerprint density at radius 3 is 2.45 bits per heavy atom. The maximum Gasteiger partial charge on any atom is 0.322 e. The maximum atomic E-state index is 12.3. The van der Waals surface area contributed by atoms with Crippen molar-refractivity contribution in [3.63, 3.8) is 0 Å². The number of sulfone groups is 1. The summed E-state index contributed by atoms with van der Waals surface area (Å²) in [5.74, 6) is -1.48. The van der Waals surface area contributed by atoms with Gasteiger partial charge >= 0.3 is 5.97 Å². The van der Waals surface area contributed by atoms with Crippen LogP contribution in [0, 0.1) is 0 Å². The molecule has 0 aliphatic carbocycles. The summed E-state index contributed by atoms with van der Waals surface area (Å²) in [5.41, 5.74) is 0.427. The molecule has 3 rings (SSSR count). The van der Waals surface area contributed by atoms with Crippen molar-refractivity contribution in [2.24, 2.45) is 0 Å². The molecule has 0 radical (unpaired) electrons. The van der Waals surface area contributed by atoms with Gasteiger partial charge in [0, 0.05) is 16.8 Å². The monoisotopic (exact) mass is 439 g/mol. The molecule has 0 bridgehead atoms. The summed E-state index contributed by atoms with van der Waals surface area (Å²) in [4.78, 5) is 24.2. The van der Waals surface area contributed by atoms with E-state index < -0.39 is 33.6 Å². The van der Waals surface area contributed by atoms with Crippen LogP contribution < -0.4 is 14.8 Å². The number of hydrogen-bond acceptors (Lipinski definition) is 7. The maximum absolute atomic E-state index is 12.3. The van der Waals surface area contributed by atoms with E-state index in [2.05, 4.69) is 5.32 Å². The number of carbonyl (C=O) groups excluding carboxylic acids is 2. The highest BCUT2D eigenvalue weighted by Gasteiger charge is 2.24. The first kappa shape index (κ1) is 20.9. The highest BCUT2D eigenvalue weighted by molar-refractivity contribution is 7.92. The summed E-state index contributed by atoms with van der Waals surface area (Å²) < 4.78 is 40.3. The van der Waals surface area contributed by atoms with Crippen molar-refractivity contribution < 1.29 is 32.2 Å². The molecule has 1 aliphatic heterocycles. The topological polar surface area (TPSA) is 108 Å². The third kappa shape index (κ3) is 5.39. The van der Waals surface area contributed by atoms with Crippen molar-refractivity contribution in [1.82, 2.24) is 0 Å². The minimum Gasteiger partial charge on any atom is -0.486 e. The van der Waals surface area contributed by atoms with Gasteiger partial charge in [0.05, 0.1) is 4.90 Å². The lowest BCUT2D eigenvalue weighted by Crippen LogP contribution is -2.32. The van der Waals surface area contributed by atoms with Crippen molar-refractivity contribution in [3.8, 4) is 11.5 Å². The second-order valence-corrected chi connectivity index (χ2v) is 8.62. The average Bonchev–Trinajstić information content (AvgIpc) is 2.67. The molecule has 2 aromatic rings. The zero-order valence-electron chi connectivity index (χ0n) is 15.4. The molecule has 1 heterocycles. The predicted octanol–water partition coefficient (Wildman–Crippen LogP) is 2.46. The fourth-order valence-electron chi connectivity index (χ4n) is 2.53. The lowest BCUT2D eigenvalue weighted by atomic mass is 10.2. The standard InChI is InChI=1S/C19H18ClNO7S/c1-12(19(23)21-14-4-7-16-17(10-14)27-9-8-26-16)28-18(22)11-29(24,25)15-5-2-13(20)3-6-15/h2-7,10,12H,8-9,11H2,1H3,(H,21,23). The minimum atomic E-state index is -3.91. The number of fused-ring (bicyclic) bond motifs is 1. The summed E-state index contributed by atoms with van der Waals surface area (Å²) in [6, 6.07) is 10.3. The molecule has 0 saturated carbocycles. The van der Waals surface area contributed by atoms with Crippen molar-refractivity contribution in [1.29, 1.82) is 0 Å². The van der Waals surface area contributed by atoms with Crippen molar-refractivity contribution >= 4 is 39.0 Å². The van der Waals surface area contributed by atoms with Crippen LogP contribution in [0.3, 0.4) is 0 Å². The quantitative estimate of drug-likeness (QED) is 0.688. The zero-order valence-corrected chi connectivity index (χ0v) is 17.0. The van der Waals surface area contributed by atoms with E-state index in [4.69, 9.17) is 25.8 Å². The van der Waals surface area contributed by atoms with E-state index in [1.165, 1.54) is 31.2 Å². The highest BCUT2D eigenvalue weighted by atomic mass is 35.5. The number of esters is 1. The van der Waals surface area contributed by atoms with Crippen molar-refractivity contribution in [2.75, 3.05) is 24.3 Å². The van der Waals surface area contributed by atoms with Crippen LogP contribution in [0.1, 0.15) is 6.92 Å². The molecule has 0 spiro atoms. The van der Waals surface area contributed by atoms with Gasteiger partial charge in [-0.05, 0) is 43.3 Å². The largest absolute Gasteiger partial charge is 0.486 e. The molecule has 8 nitrogen and oxygen atoms in total. The Balaban J connectivity index is 1.57. The van der Waals surface area contributed by atoms with E-state index in [0.717, 1.165) is 0 Å². The molecule has 29 heavy (non-hydrogen) atoms. The Hall–Kier alpha value is -2.78. The molecule has 0 aromatic heterocycles. The van der Waals surface area contributed by atoms with Crippen LogP contribution in [0.2, 0.25) is 5.02 Å². The second-order valence-electron chi connectivity index (χ2n) is 6.19. The van der Waals surface area contributed by atoms with Crippen molar-refractivity contribution in [2.45, 2.75) is 17.9 Å². The van der Waals surface area contributed by atoms with Crippen LogP contribution in [-0.2, 0) is 24.2 Å². The van der Waals surface area contributed by atoms with E-state index in [-0.39, 0.29) is 4.90 Å². The number of nitrogens with one attached hydrogen (secondary N) is 1. The second kappa shape index (κ2) is 8.71. The Bertz CT molecular complexity index is 1020. The van der Waals surface area contributed by atoms with E-state index in [1.807, 2.05) is 0 Å². The van der Waals surface area contributed by atoms with Gasteiger partial charge in [-0.15, -0.1) is 0 Å². The first-order valence-corrected chi connectivity index (χ1v) is 10.7. The lowest BCUT2D eigenvalue weighted by molar-refractivity contribution is -0.150. The summed E-state index contributed by atoms with van der Waals surface area (Å²) in [5, 5.41) is 2.95. The van der Waals surface area contributed by atoms with Crippen molar-refractivity contribution in [3.05, 3.63) is 47.5 Å². The Kier molecular flexibility index (Phi) is 6.29. The summed E-state index contributed by atoms with van der Waals surface area (Å²) >= 11 is 5.73.